The van der Waals surface area contributed by atoms with Crippen LogP contribution in [0.5, 0.6) is 5.75 Å². The van der Waals surface area contributed by atoms with Crippen molar-refractivity contribution < 1.29 is 9.84 Å². The van der Waals surface area contributed by atoms with Gasteiger partial charge in [-0.25, -0.2) is 0 Å². The van der Waals surface area contributed by atoms with Crippen LogP contribution in [0.15, 0.2) is 66.7 Å². The summed E-state index contributed by atoms with van der Waals surface area (Å²) in [6.45, 7) is 3.71. The summed E-state index contributed by atoms with van der Waals surface area (Å²) in [6, 6.07) is 23.8. The van der Waals surface area contributed by atoms with Crippen LogP contribution < -0.4 is 4.74 Å². The van der Waals surface area contributed by atoms with Gasteiger partial charge in [-0.1, -0.05) is 48.5 Å². The molecule has 1 saturated heterocycles. The van der Waals surface area contributed by atoms with Gasteiger partial charge in [0.2, 0.25) is 0 Å². The summed E-state index contributed by atoms with van der Waals surface area (Å²) in [5, 5.41) is 12.2. The summed E-state index contributed by atoms with van der Waals surface area (Å²) in [6.07, 6.45) is 6.32. The Bertz CT molecular complexity index is 917. The molecule has 158 valence electrons. The second-order valence-corrected chi connectivity index (χ2v) is 8.50. The van der Waals surface area contributed by atoms with E-state index in [0.29, 0.717) is 0 Å². The number of aliphatic hydroxyl groups is 1. The Balaban J connectivity index is 1.22. The molecule has 1 aliphatic heterocycles. The SMILES string of the molecule is OC1CCN(Cc2ccc3cc(OCCCCCc4ccccc4)ccc3c2)CC1. The third kappa shape index (κ3) is 6.07. The number of nitrogens with zero attached hydrogens (tertiary/aromatic N) is 1. The highest BCUT2D eigenvalue weighted by atomic mass is 16.5. The van der Waals surface area contributed by atoms with Crippen LogP contribution in [0.1, 0.15) is 43.2 Å². The van der Waals surface area contributed by atoms with E-state index in [-0.39, 0.29) is 6.10 Å². The van der Waals surface area contributed by atoms with Gasteiger partial charge < -0.3 is 9.84 Å². The molecule has 0 saturated carbocycles. The highest BCUT2D eigenvalue weighted by Crippen LogP contribution is 2.24. The molecule has 3 nitrogen and oxygen atoms in total. The highest BCUT2D eigenvalue weighted by molar-refractivity contribution is 5.84. The molecule has 3 aromatic rings. The van der Waals surface area contributed by atoms with Crippen LogP contribution in [0.4, 0.5) is 0 Å². The second-order valence-electron chi connectivity index (χ2n) is 8.50. The number of piperidine rings is 1. The van der Waals surface area contributed by atoms with Crippen molar-refractivity contribution in [3.05, 3.63) is 77.9 Å². The van der Waals surface area contributed by atoms with Gasteiger partial charge in [0.25, 0.3) is 0 Å². The first kappa shape index (κ1) is 20.9. The summed E-state index contributed by atoms with van der Waals surface area (Å²) >= 11 is 0. The maximum atomic E-state index is 9.67. The average Bonchev–Trinajstić information content (AvgIpc) is 2.78. The lowest BCUT2D eigenvalue weighted by atomic mass is 10.0. The standard InChI is InChI=1S/C27H33NO2/c29-26-14-16-28(17-15-26)21-23-10-11-25-20-27(13-12-24(25)19-23)30-18-6-2-5-9-22-7-3-1-4-8-22/h1,3-4,7-8,10-13,19-20,26,29H,2,5-6,9,14-18,21H2. The van der Waals surface area contributed by atoms with E-state index in [1.807, 2.05) is 0 Å². The van der Waals surface area contributed by atoms with Crippen LogP contribution in [-0.2, 0) is 13.0 Å². The highest BCUT2D eigenvalue weighted by Gasteiger charge is 2.16. The molecule has 0 atom stereocenters. The fourth-order valence-electron chi connectivity index (χ4n) is 4.24. The number of aryl methyl sites for hydroxylation is 1. The van der Waals surface area contributed by atoms with Crippen molar-refractivity contribution in [1.29, 1.82) is 0 Å². The van der Waals surface area contributed by atoms with Gasteiger partial charge in [0.05, 0.1) is 12.7 Å². The number of fused-ring (bicyclic) bond motifs is 1. The van der Waals surface area contributed by atoms with E-state index >= 15 is 0 Å². The average molecular weight is 404 g/mol. The van der Waals surface area contributed by atoms with Crippen LogP contribution in [0.25, 0.3) is 10.8 Å². The van der Waals surface area contributed by atoms with Crippen molar-refractivity contribution in [3.63, 3.8) is 0 Å². The molecule has 1 fully saturated rings. The van der Waals surface area contributed by atoms with Gasteiger partial charge in [0.15, 0.2) is 0 Å². The fourth-order valence-corrected chi connectivity index (χ4v) is 4.24. The third-order valence-electron chi connectivity index (χ3n) is 6.06. The Kier molecular flexibility index (Phi) is 7.39. The number of ether oxygens (including phenoxy) is 1. The lowest BCUT2D eigenvalue weighted by Crippen LogP contribution is -2.35. The van der Waals surface area contributed by atoms with Crippen molar-refractivity contribution in [3.8, 4) is 5.75 Å². The quantitative estimate of drug-likeness (QED) is 0.473. The number of hydrogen-bond donors (Lipinski definition) is 1. The molecule has 0 spiro atoms. The summed E-state index contributed by atoms with van der Waals surface area (Å²) in [5.74, 6) is 0.961. The topological polar surface area (TPSA) is 32.7 Å². The predicted molar refractivity (Wildman–Crippen MR) is 124 cm³/mol. The number of likely N-dealkylation sites (tertiary alicyclic amines) is 1. The van der Waals surface area contributed by atoms with Crippen molar-refractivity contribution in [2.24, 2.45) is 0 Å². The van der Waals surface area contributed by atoms with Gasteiger partial charge in [0.1, 0.15) is 5.75 Å². The number of rotatable bonds is 9. The first-order valence-electron chi connectivity index (χ1n) is 11.4. The van der Waals surface area contributed by atoms with Crippen molar-refractivity contribution in [1.82, 2.24) is 4.90 Å². The predicted octanol–water partition coefficient (Wildman–Crippen LogP) is 5.59. The molecule has 30 heavy (non-hydrogen) atoms. The maximum absolute atomic E-state index is 9.67. The van der Waals surface area contributed by atoms with Crippen LogP contribution >= 0.6 is 0 Å². The molecule has 0 aliphatic carbocycles. The molecule has 0 aromatic heterocycles. The molecule has 3 heteroatoms. The van der Waals surface area contributed by atoms with Crippen molar-refractivity contribution in [2.75, 3.05) is 19.7 Å². The van der Waals surface area contributed by atoms with Gasteiger partial charge >= 0.3 is 0 Å². The Hall–Kier alpha value is -2.36. The van der Waals surface area contributed by atoms with E-state index in [9.17, 15) is 5.11 Å². The summed E-state index contributed by atoms with van der Waals surface area (Å²) < 4.78 is 6.00. The van der Waals surface area contributed by atoms with Crippen molar-refractivity contribution in [2.45, 2.75) is 51.2 Å². The molecule has 0 unspecified atom stereocenters. The molecule has 1 N–H and O–H groups in total. The minimum Gasteiger partial charge on any atom is -0.494 e. The van der Waals surface area contributed by atoms with Crippen LogP contribution in [0.3, 0.4) is 0 Å². The van der Waals surface area contributed by atoms with E-state index in [4.69, 9.17) is 4.74 Å². The Labute approximate surface area is 180 Å². The number of unbranched alkanes of at least 4 members (excludes halogenated alkanes) is 2. The summed E-state index contributed by atoms with van der Waals surface area (Å²) in [4.78, 5) is 2.43. The smallest absolute Gasteiger partial charge is 0.119 e. The Morgan fingerprint density at radius 3 is 2.40 bits per heavy atom. The minimum absolute atomic E-state index is 0.111. The normalized spacial score (nSPS) is 15.5. The summed E-state index contributed by atoms with van der Waals surface area (Å²) in [5.41, 5.74) is 2.76. The largest absolute Gasteiger partial charge is 0.494 e. The second kappa shape index (κ2) is 10.6. The zero-order chi connectivity index (χ0) is 20.6. The van der Waals surface area contributed by atoms with Crippen molar-refractivity contribution >= 4 is 10.8 Å². The molecule has 1 aliphatic rings. The van der Waals surface area contributed by atoms with E-state index in [2.05, 4.69) is 71.6 Å². The van der Waals surface area contributed by atoms with E-state index < -0.39 is 0 Å². The summed E-state index contributed by atoms with van der Waals surface area (Å²) in [7, 11) is 0. The van der Waals surface area contributed by atoms with Gasteiger partial charge in [-0.2, -0.15) is 0 Å². The molecule has 1 heterocycles. The number of hydrogen-bond acceptors (Lipinski definition) is 3. The fraction of sp³-hybridized carbons (Fsp3) is 0.407. The van der Waals surface area contributed by atoms with E-state index in [1.54, 1.807) is 0 Å². The first-order chi connectivity index (χ1) is 14.8. The van der Waals surface area contributed by atoms with Crippen LogP contribution in [-0.4, -0.2) is 35.8 Å². The molecule has 0 bridgehead atoms. The molecule has 4 rings (SSSR count). The lowest BCUT2D eigenvalue weighted by molar-refractivity contribution is 0.0792. The number of aliphatic hydroxyl groups excluding tert-OH is 1. The van der Waals surface area contributed by atoms with E-state index in [1.165, 1.54) is 34.7 Å². The molecular formula is C27H33NO2. The monoisotopic (exact) mass is 403 g/mol. The maximum Gasteiger partial charge on any atom is 0.119 e. The molecule has 3 aromatic carbocycles. The van der Waals surface area contributed by atoms with Gasteiger partial charge in [-0.3, -0.25) is 4.90 Å². The minimum atomic E-state index is -0.111. The molecule has 0 amide bonds. The van der Waals surface area contributed by atoms with Gasteiger partial charge in [-0.05, 0) is 78.6 Å². The van der Waals surface area contributed by atoms with Gasteiger partial charge in [-0.15, -0.1) is 0 Å². The van der Waals surface area contributed by atoms with E-state index in [0.717, 1.165) is 57.7 Å². The Morgan fingerprint density at radius 1 is 0.800 bits per heavy atom. The lowest BCUT2D eigenvalue weighted by Gasteiger charge is -2.29. The molecule has 0 radical (unpaired) electrons. The third-order valence-corrected chi connectivity index (χ3v) is 6.06. The zero-order valence-electron chi connectivity index (χ0n) is 17.8. The zero-order valence-corrected chi connectivity index (χ0v) is 17.8. The number of benzene rings is 3. The molecular weight excluding hydrogens is 370 g/mol. The first-order valence-corrected chi connectivity index (χ1v) is 11.4. The van der Waals surface area contributed by atoms with Gasteiger partial charge in [0, 0.05) is 19.6 Å². The van der Waals surface area contributed by atoms with Crippen LogP contribution in [0, 0.1) is 0 Å². The van der Waals surface area contributed by atoms with Crippen LogP contribution in [0.2, 0.25) is 0 Å². The Morgan fingerprint density at radius 2 is 1.57 bits per heavy atom.